The van der Waals surface area contributed by atoms with E-state index < -0.39 is 11.2 Å². The average molecular weight is 308 g/mol. The molecule has 1 aromatic carbocycles. The Morgan fingerprint density at radius 1 is 1.14 bits per heavy atom. The van der Waals surface area contributed by atoms with E-state index in [0.29, 0.717) is 16.5 Å². The lowest BCUT2D eigenvalue weighted by Crippen LogP contribution is -2.38. The van der Waals surface area contributed by atoms with Crippen LogP contribution >= 0.6 is 11.6 Å². The topological polar surface area (TPSA) is 80.4 Å². The molecule has 0 amide bonds. The van der Waals surface area contributed by atoms with E-state index in [1.165, 1.54) is 24.0 Å². The number of rotatable bonds is 4. The molecule has 0 radical (unpaired) electrons. The summed E-state index contributed by atoms with van der Waals surface area (Å²) in [4.78, 5) is 27.4. The summed E-state index contributed by atoms with van der Waals surface area (Å²) in [5, 5.41) is 0.634. The average Bonchev–Trinajstić information content (AvgIpc) is 2.48. The van der Waals surface area contributed by atoms with Gasteiger partial charge in [-0.3, -0.25) is 24.8 Å². The maximum Gasteiger partial charge on any atom is 0.332 e. The van der Waals surface area contributed by atoms with Gasteiger partial charge in [0.25, 0.3) is 5.56 Å². The summed E-state index contributed by atoms with van der Waals surface area (Å²) >= 11 is 5.77. The van der Waals surface area contributed by atoms with Gasteiger partial charge in [-0.15, -0.1) is 0 Å². The molecule has 1 aromatic heterocycles. The van der Waals surface area contributed by atoms with Crippen LogP contribution in [0.2, 0.25) is 5.02 Å². The highest BCUT2D eigenvalue weighted by molar-refractivity contribution is 6.30. The van der Waals surface area contributed by atoms with Crippen molar-refractivity contribution in [3.63, 3.8) is 0 Å². The lowest BCUT2D eigenvalue weighted by molar-refractivity contribution is 0.687. The predicted molar refractivity (Wildman–Crippen MR) is 83.3 cm³/mol. The molecule has 2 N–H and O–H groups in total. The highest BCUT2D eigenvalue weighted by Gasteiger charge is 2.04. The number of anilines is 1. The summed E-state index contributed by atoms with van der Waals surface area (Å²) < 4.78 is 2.33. The van der Waals surface area contributed by atoms with E-state index in [9.17, 15) is 9.59 Å². The molecule has 110 valence electrons. The first-order valence-corrected chi connectivity index (χ1v) is 6.43. The Hall–Kier alpha value is -2.54. The number of halogens is 1. The van der Waals surface area contributed by atoms with E-state index in [1.807, 2.05) is 0 Å². The minimum absolute atomic E-state index is 0.339. The molecule has 0 aliphatic heterocycles. The van der Waals surface area contributed by atoms with Crippen molar-refractivity contribution in [3.8, 4) is 0 Å². The lowest BCUT2D eigenvalue weighted by Gasteiger charge is -2.10. The SMILES string of the molecule is Cn1c(NNC=Nc2ccc(Cl)cc2)cc(=O)n(C)c1=O. The second-order valence-corrected chi connectivity index (χ2v) is 4.71. The van der Waals surface area contributed by atoms with Crippen molar-refractivity contribution in [1.82, 2.24) is 14.6 Å². The van der Waals surface area contributed by atoms with Gasteiger partial charge in [0, 0.05) is 25.2 Å². The Balaban J connectivity index is 2.06. The molecule has 7 nitrogen and oxygen atoms in total. The van der Waals surface area contributed by atoms with Crippen molar-refractivity contribution >= 4 is 29.4 Å². The number of nitrogens with one attached hydrogen (secondary N) is 2. The van der Waals surface area contributed by atoms with Gasteiger partial charge in [-0.2, -0.15) is 0 Å². The Bertz CT molecular complexity index is 777. The fourth-order valence-corrected chi connectivity index (χ4v) is 1.72. The second-order valence-electron chi connectivity index (χ2n) is 4.27. The van der Waals surface area contributed by atoms with Gasteiger partial charge in [-0.05, 0) is 24.3 Å². The number of hydrogen-bond acceptors (Lipinski definition) is 4. The highest BCUT2D eigenvalue weighted by atomic mass is 35.5. The van der Waals surface area contributed by atoms with Crippen molar-refractivity contribution in [2.24, 2.45) is 19.1 Å². The Morgan fingerprint density at radius 2 is 1.81 bits per heavy atom. The summed E-state index contributed by atoms with van der Waals surface area (Å²) in [6.45, 7) is 0. The first-order chi connectivity index (χ1) is 9.99. The van der Waals surface area contributed by atoms with Crippen molar-refractivity contribution in [2.45, 2.75) is 0 Å². The van der Waals surface area contributed by atoms with Gasteiger partial charge in [0.1, 0.15) is 12.2 Å². The number of hydrogen-bond donors (Lipinski definition) is 2. The third kappa shape index (κ3) is 3.51. The van der Waals surface area contributed by atoms with Crippen LogP contribution in [0.1, 0.15) is 0 Å². The Kier molecular flexibility index (Phi) is 4.44. The van der Waals surface area contributed by atoms with Crippen LogP contribution in [0.25, 0.3) is 0 Å². The smallest absolute Gasteiger partial charge is 0.289 e. The van der Waals surface area contributed by atoms with E-state index in [2.05, 4.69) is 15.8 Å². The zero-order chi connectivity index (χ0) is 15.4. The van der Waals surface area contributed by atoms with Gasteiger partial charge in [0.2, 0.25) is 0 Å². The third-order valence-electron chi connectivity index (χ3n) is 2.83. The summed E-state index contributed by atoms with van der Waals surface area (Å²) in [5.41, 5.74) is 5.33. The quantitative estimate of drug-likeness (QED) is 0.502. The second kappa shape index (κ2) is 6.27. The molecule has 0 saturated heterocycles. The van der Waals surface area contributed by atoms with Gasteiger partial charge < -0.3 is 0 Å². The maximum absolute atomic E-state index is 11.7. The summed E-state index contributed by atoms with van der Waals surface area (Å²) in [5.74, 6) is 0.339. The van der Waals surface area contributed by atoms with Crippen LogP contribution < -0.4 is 22.1 Å². The van der Waals surface area contributed by atoms with Crippen LogP contribution in [0.4, 0.5) is 11.5 Å². The summed E-state index contributed by atoms with van der Waals surface area (Å²) in [7, 11) is 2.98. The minimum Gasteiger partial charge on any atom is -0.289 e. The van der Waals surface area contributed by atoms with Crippen molar-refractivity contribution in [3.05, 3.63) is 56.2 Å². The van der Waals surface area contributed by atoms with Crippen molar-refractivity contribution in [2.75, 3.05) is 5.43 Å². The molecule has 0 fully saturated rings. The number of aliphatic imine (C=N–C) groups is 1. The van der Waals surface area contributed by atoms with E-state index in [-0.39, 0.29) is 0 Å². The van der Waals surface area contributed by atoms with Crippen LogP contribution in [0.5, 0.6) is 0 Å². The van der Waals surface area contributed by atoms with Crippen LogP contribution in [-0.2, 0) is 14.1 Å². The molecule has 0 spiro atoms. The summed E-state index contributed by atoms with van der Waals surface area (Å²) in [6.07, 6.45) is 1.41. The van der Waals surface area contributed by atoms with E-state index in [4.69, 9.17) is 11.6 Å². The molecule has 21 heavy (non-hydrogen) atoms. The Morgan fingerprint density at radius 3 is 2.48 bits per heavy atom. The number of benzene rings is 1. The fraction of sp³-hybridized carbons (Fsp3) is 0.154. The lowest BCUT2D eigenvalue weighted by atomic mass is 10.3. The zero-order valence-electron chi connectivity index (χ0n) is 11.5. The third-order valence-corrected chi connectivity index (χ3v) is 3.08. The maximum atomic E-state index is 11.7. The van der Waals surface area contributed by atoms with Gasteiger partial charge >= 0.3 is 5.69 Å². The molecule has 2 rings (SSSR count). The van der Waals surface area contributed by atoms with Crippen LogP contribution in [0, 0.1) is 0 Å². The van der Waals surface area contributed by atoms with Gasteiger partial charge in [-0.1, -0.05) is 11.6 Å². The largest absolute Gasteiger partial charge is 0.332 e. The van der Waals surface area contributed by atoms with E-state index >= 15 is 0 Å². The molecule has 0 atom stereocenters. The van der Waals surface area contributed by atoms with Crippen LogP contribution in [0.15, 0.2) is 44.9 Å². The Labute approximate surface area is 125 Å². The number of hydrazine groups is 1. The van der Waals surface area contributed by atoms with Gasteiger partial charge in [0.05, 0.1) is 5.69 Å². The zero-order valence-corrected chi connectivity index (χ0v) is 12.3. The fourth-order valence-electron chi connectivity index (χ4n) is 1.59. The van der Waals surface area contributed by atoms with Gasteiger partial charge in [0.15, 0.2) is 0 Å². The van der Waals surface area contributed by atoms with Crippen LogP contribution in [-0.4, -0.2) is 15.5 Å². The molecule has 0 unspecified atom stereocenters. The van der Waals surface area contributed by atoms with E-state index in [0.717, 1.165) is 4.57 Å². The number of aromatic nitrogens is 2. The molecule has 2 aromatic rings. The normalized spacial score (nSPS) is 10.8. The molecule has 0 bridgehead atoms. The molecule has 8 heteroatoms. The van der Waals surface area contributed by atoms with E-state index in [1.54, 1.807) is 31.3 Å². The van der Waals surface area contributed by atoms with Gasteiger partial charge in [-0.25, -0.2) is 9.79 Å². The minimum atomic E-state index is -0.415. The predicted octanol–water partition coefficient (Wildman–Crippen LogP) is 1.01. The molecule has 0 saturated carbocycles. The first kappa shape index (κ1) is 14.9. The van der Waals surface area contributed by atoms with Crippen molar-refractivity contribution in [1.29, 1.82) is 0 Å². The molecular weight excluding hydrogens is 294 g/mol. The first-order valence-electron chi connectivity index (χ1n) is 6.06. The standard InChI is InChI=1S/C13H14ClN5O2/c1-18-11(7-12(20)19(2)13(18)21)17-16-8-15-10-5-3-9(14)4-6-10/h3-8,17H,1-2H3,(H,15,16). The number of nitrogens with zero attached hydrogens (tertiary/aromatic N) is 3. The molecule has 0 aliphatic rings. The molecular formula is C13H14ClN5O2. The van der Waals surface area contributed by atoms with Crippen LogP contribution in [0.3, 0.4) is 0 Å². The molecule has 1 heterocycles. The highest BCUT2D eigenvalue weighted by Crippen LogP contribution is 2.15. The summed E-state index contributed by atoms with van der Waals surface area (Å²) in [6, 6.07) is 8.28. The van der Waals surface area contributed by atoms with Crippen molar-refractivity contribution < 1.29 is 0 Å². The molecule has 0 aliphatic carbocycles. The monoisotopic (exact) mass is 307 g/mol.